The van der Waals surface area contributed by atoms with E-state index >= 15 is 0 Å². The molecule has 138 valence electrons. The van der Waals surface area contributed by atoms with E-state index in [1.54, 1.807) is 55.9 Å². The highest BCUT2D eigenvalue weighted by molar-refractivity contribution is 5.91. The van der Waals surface area contributed by atoms with Crippen LogP contribution >= 0.6 is 0 Å². The largest absolute Gasteiger partial charge is 0.497 e. The summed E-state index contributed by atoms with van der Waals surface area (Å²) in [4.78, 5) is 22.5. The van der Waals surface area contributed by atoms with Crippen LogP contribution in [0.2, 0.25) is 0 Å². The number of carbonyl (C=O) groups is 1. The van der Waals surface area contributed by atoms with Crippen molar-refractivity contribution in [2.24, 2.45) is 0 Å². The maximum Gasteiger partial charge on any atom is 0.322 e. The molecule has 0 radical (unpaired) electrons. The molecule has 0 spiro atoms. The third kappa shape index (κ3) is 4.33. The van der Waals surface area contributed by atoms with Crippen molar-refractivity contribution >= 4 is 11.7 Å². The summed E-state index contributed by atoms with van der Waals surface area (Å²) < 4.78 is 16.3. The molecule has 1 aliphatic rings. The van der Waals surface area contributed by atoms with Gasteiger partial charge in [0.15, 0.2) is 0 Å². The van der Waals surface area contributed by atoms with Gasteiger partial charge in [-0.2, -0.15) is 0 Å². The number of carbonyl (C=O) groups excluding carboxylic acids is 1. The van der Waals surface area contributed by atoms with E-state index in [1.165, 1.54) is 0 Å². The first-order valence-corrected chi connectivity index (χ1v) is 8.40. The molecule has 1 aliphatic heterocycles. The highest BCUT2D eigenvalue weighted by atomic mass is 16.5. The van der Waals surface area contributed by atoms with Gasteiger partial charge in [0.2, 0.25) is 5.88 Å². The summed E-state index contributed by atoms with van der Waals surface area (Å²) >= 11 is 0. The molecule has 1 unspecified atom stereocenters. The second-order valence-corrected chi connectivity index (χ2v) is 5.87. The van der Waals surface area contributed by atoms with Gasteiger partial charge in [-0.05, 0) is 25.0 Å². The van der Waals surface area contributed by atoms with Gasteiger partial charge in [-0.25, -0.2) is 9.78 Å². The first-order valence-electron chi connectivity index (χ1n) is 8.40. The Morgan fingerprint density at radius 2 is 2.15 bits per heavy atom. The number of ether oxygens (including phenoxy) is 3. The number of urea groups is 1. The fourth-order valence-corrected chi connectivity index (χ4v) is 2.83. The molecule has 0 saturated carbocycles. The van der Waals surface area contributed by atoms with E-state index in [4.69, 9.17) is 14.2 Å². The van der Waals surface area contributed by atoms with Crippen LogP contribution in [-0.2, 0) is 0 Å². The van der Waals surface area contributed by atoms with Crippen LogP contribution in [0.1, 0.15) is 12.8 Å². The zero-order valence-electron chi connectivity index (χ0n) is 14.8. The Hall–Kier alpha value is -3.03. The van der Waals surface area contributed by atoms with E-state index in [1.807, 2.05) is 0 Å². The van der Waals surface area contributed by atoms with Crippen molar-refractivity contribution in [3.8, 4) is 17.4 Å². The molecule has 1 aromatic heterocycles. The van der Waals surface area contributed by atoms with Gasteiger partial charge < -0.3 is 24.4 Å². The molecule has 1 atom stereocenters. The smallest absolute Gasteiger partial charge is 0.322 e. The van der Waals surface area contributed by atoms with Crippen molar-refractivity contribution in [3.63, 3.8) is 0 Å². The van der Waals surface area contributed by atoms with Crippen LogP contribution in [0, 0.1) is 0 Å². The van der Waals surface area contributed by atoms with Crippen LogP contribution in [0.25, 0.3) is 0 Å². The molecular weight excluding hydrogens is 336 g/mol. The second kappa shape index (κ2) is 8.37. The number of piperidine rings is 1. The average Bonchev–Trinajstić information content (AvgIpc) is 2.69. The number of amides is 2. The van der Waals surface area contributed by atoms with Crippen LogP contribution in [0.3, 0.4) is 0 Å². The van der Waals surface area contributed by atoms with Crippen molar-refractivity contribution < 1.29 is 19.0 Å². The fourth-order valence-electron chi connectivity index (χ4n) is 2.83. The van der Waals surface area contributed by atoms with E-state index in [0.29, 0.717) is 36.2 Å². The van der Waals surface area contributed by atoms with Crippen molar-refractivity contribution in [2.45, 2.75) is 18.9 Å². The normalized spacial score (nSPS) is 16.7. The molecular formula is C18H22N4O4. The van der Waals surface area contributed by atoms with Gasteiger partial charge in [0.05, 0.1) is 32.6 Å². The molecule has 1 aromatic carbocycles. The van der Waals surface area contributed by atoms with Crippen molar-refractivity contribution in [1.82, 2.24) is 14.9 Å². The lowest BCUT2D eigenvalue weighted by atomic mass is 10.1. The maximum absolute atomic E-state index is 12.6. The van der Waals surface area contributed by atoms with Crippen molar-refractivity contribution in [2.75, 3.05) is 32.6 Å². The molecule has 1 fully saturated rings. The minimum absolute atomic E-state index is 0.107. The quantitative estimate of drug-likeness (QED) is 0.884. The summed E-state index contributed by atoms with van der Waals surface area (Å²) in [6.45, 7) is 1.16. The summed E-state index contributed by atoms with van der Waals surface area (Å²) in [5.41, 5.74) is 0.593. The van der Waals surface area contributed by atoms with Crippen LogP contribution in [0.15, 0.2) is 36.8 Å². The molecule has 8 heteroatoms. The molecule has 1 N–H and O–H groups in total. The number of benzene rings is 1. The Morgan fingerprint density at radius 3 is 2.88 bits per heavy atom. The van der Waals surface area contributed by atoms with Gasteiger partial charge >= 0.3 is 6.03 Å². The van der Waals surface area contributed by atoms with Gasteiger partial charge in [-0.1, -0.05) is 0 Å². The first kappa shape index (κ1) is 17.8. The molecule has 0 bridgehead atoms. The fraction of sp³-hybridized carbons (Fsp3) is 0.389. The van der Waals surface area contributed by atoms with Gasteiger partial charge in [0, 0.05) is 25.0 Å². The van der Waals surface area contributed by atoms with Gasteiger partial charge in [0.25, 0.3) is 0 Å². The van der Waals surface area contributed by atoms with Gasteiger partial charge in [-0.3, -0.25) is 4.98 Å². The minimum Gasteiger partial charge on any atom is -0.497 e. The molecule has 2 amide bonds. The summed E-state index contributed by atoms with van der Waals surface area (Å²) in [6, 6.07) is 5.06. The molecule has 2 aromatic rings. The second-order valence-electron chi connectivity index (χ2n) is 5.87. The number of hydrogen-bond donors (Lipinski definition) is 1. The predicted octanol–water partition coefficient (Wildman–Crippen LogP) is 2.57. The number of nitrogens with one attached hydrogen (secondary N) is 1. The summed E-state index contributed by atoms with van der Waals surface area (Å²) in [5.74, 6) is 1.67. The van der Waals surface area contributed by atoms with Crippen LogP contribution in [0.5, 0.6) is 17.4 Å². The van der Waals surface area contributed by atoms with Crippen LogP contribution < -0.4 is 19.5 Å². The minimum atomic E-state index is -0.194. The molecule has 8 nitrogen and oxygen atoms in total. The standard InChI is InChI=1S/C18H22N4O4/c1-24-13-5-6-15(16(10-13)25-2)21-18(23)22-9-3-4-14(12-22)26-17-11-19-7-8-20-17/h5-8,10-11,14H,3-4,9,12H2,1-2H3,(H,21,23). The monoisotopic (exact) mass is 358 g/mol. The molecule has 1 saturated heterocycles. The van der Waals surface area contributed by atoms with Crippen LogP contribution in [0.4, 0.5) is 10.5 Å². The van der Waals surface area contributed by atoms with Crippen LogP contribution in [-0.4, -0.2) is 54.3 Å². The van der Waals surface area contributed by atoms with Gasteiger partial charge in [0.1, 0.15) is 17.6 Å². The lowest BCUT2D eigenvalue weighted by molar-refractivity contribution is 0.102. The number of nitrogens with zero attached hydrogens (tertiary/aromatic N) is 3. The Morgan fingerprint density at radius 1 is 1.27 bits per heavy atom. The Kier molecular flexibility index (Phi) is 5.73. The molecule has 2 heterocycles. The topological polar surface area (TPSA) is 85.8 Å². The molecule has 0 aliphatic carbocycles. The highest BCUT2D eigenvalue weighted by Gasteiger charge is 2.26. The zero-order chi connectivity index (χ0) is 18.4. The third-order valence-electron chi connectivity index (χ3n) is 4.14. The summed E-state index contributed by atoms with van der Waals surface area (Å²) in [6.07, 6.45) is 6.36. The lowest BCUT2D eigenvalue weighted by Crippen LogP contribution is -2.46. The summed E-state index contributed by atoms with van der Waals surface area (Å²) in [7, 11) is 3.13. The molecule has 26 heavy (non-hydrogen) atoms. The van der Waals surface area contributed by atoms with E-state index in [9.17, 15) is 4.79 Å². The lowest BCUT2D eigenvalue weighted by Gasteiger charge is -2.32. The Balaban J connectivity index is 1.62. The highest BCUT2D eigenvalue weighted by Crippen LogP contribution is 2.29. The van der Waals surface area contributed by atoms with Crippen molar-refractivity contribution in [3.05, 3.63) is 36.8 Å². The first-order chi connectivity index (χ1) is 12.7. The number of likely N-dealkylation sites (tertiary alicyclic amines) is 1. The van der Waals surface area contributed by atoms with E-state index in [0.717, 1.165) is 12.8 Å². The SMILES string of the molecule is COc1ccc(NC(=O)N2CCCC(Oc3cnccn3)C2)c(OC)c1. The number of aromatic nitrogens is 2. The number of rotatable bonds is 5. The Labute approximate surface area is 152 Å². The van der Waals surface area contributed by atoms with E-state index < -0.39 is 0 Å². The predicted molar refractivity (Wildman–Crippen MR) is 95.8 cm³/mol. The number of hydrogen-bond acceptors (Lipinski definition) is 6. The van der Waals surface area contributed by atoms with Crippen molar-refractivity contribution in [1.29, 1.82) is 0 Å². The van der Waals surface area contributed by atoms with Gasteiger partial charge in [-0.15, -0.1) is 0 Å². The zero-order valence-corrected chi connectivity index (χ0v) is 14.8. The average molecular weight is 358 g/mol. The third-order valence-corrected chi connectivity index (χ3v) is 4.14. The number of methoxy groups -OCH3 is 2. The molecule has 3 rings (SSSR count). The summed E-state index contributed by atoms with van der Waals surface area (Å²) in [5, 5.41) is 2.89. The number of anilines is 1. The Bertz CT molecular complexity index is 741. The van der Waals surface area contributed by atoms with E-state index in [2.05, 4.69) is 15.3 Å². The van der Waals surface area contributed by atoms with E-state index in [-0.39, 0.29) is 12.1 Å². The maximum atomic E-state index is 12.6.